The number of carbonyl (C=O) groups excluding carboxylic acids is 1. The summed E-state index contributed by atoms with van der Waals surface area (Å²) >= 11 is 0. The largest absolute Gasteiger partial charge is 0.416 e. The second kappa shape index (κ2) is 8.68. The van der Waals surface area contributed by atoms with Crippen molar-refractivity contribution in [3.8, 4) is 0 Å². The van der Waals surface area contributed by atoms with Crippen LogP contribution in [0.15, 0.2) is 36.5 Å². The molecule has 1 saturated heterocycles. The van der Waals surface area contributed by atoms with Gasteiger partial charge in [0.15, 0.2) is 5.65 Å². The van der Waals surface area contributed by atoms with Crippen molar-refractivity contribution in [1.82, 2.24) is 19.7 Å². The molecule has 6 nitrogen and oxygen atoms in total. The summed E-state index contributed by atoms with van der Waals surface area (Å²) in [4.78, 5) is 21.9. The number of nitrogens with zero attached hydrogens (tertiary/aromatic N) is 5. The van der Waals surface area contributed by atoms with Gasteiger partial charge in [0, 0.05) is 43.6 Å². The van der Waals surface area contributed by atoms with Gasteiger partial charge in [-0.2, -0.15) is 18.3 Å². The second-order valence-electron chi connectivity index (χ2n) is 9.00. The Morgan fingerprint density at radius 1 is 1.03 bits per heavy atom. The van der Waals surface area contributed by atoms with E-state index in [1.165, 1.54) is 12.1 Å². The zero-order valence-electron chi connectivity index (χ0n) is 19.2. The molecular formula is C24H28F3N5O. The molecule has 1 aromatic carbocycles. The maximum atomic E-state index is 13.5. The van der Waals surface area contributed by atoms with Crippen LogP contribution in [0.4, 0.5) is 18.9 Å². The van der Waals surface area contributed by atoms with Crippen molar-refractivity contribution < 1.29 is 18.0 Å². The third-order valence-corrected chi connectivity index (χ3v) is 6.00. The van der Waals surface area contributed by atoms with Crippen LogP contribution in [-0.2, 0) is 6.18 Å². The van der Waals surface area contributed by atoms with E-state index in [1.807, 2.05) is 43.3 Å². The SMILES string of the molecule is CC(C)c1cc(C(=O)N2CCN(c3cccc(C(F)(F)F)c3)CC2)c2cnn(C(C)C)c2n1. The molecule has 0 bridgehead atoms. The molecule has 0 saturated carbocycles. The molecule has 0 spiro atoms. The van der Waals surface area contributed by atoms with E-state index in [-0.39, 0.29) is 17.9 Å². The van der Waals surface area contributed by atoms with Crippen LogP contribution in [-0.4, -0.2) is 51.8 Å². The zero-order valence-corrected chi connectivity index (χ0v) is 19.2. The number of fused-ring (bicyclic) bond motifs is 1. The number of benzene rings is 1. The van der Waals surface area contributed by atoms with E-state index >= 15 is 0 Å². The van der Waals surface area contributed by atoms with Crippen molar-refractivity contribution in [1.29, 1.82) is 0 Å². The van der Waals surface area contributed by atoms with Crippen molar-refractivity contribution >= 4 is 22.6 Å². The molecular weight excluding hydrogens is 431 g/mol. The molecule has 2 aromatic heterocycles. The Bertz CT molecular complexity index is 1160. The molecule has 0 N–H and O–H groups in total. The highest BCUT2D eigenvalue weighted by molar-refractivity contribution is 6.05. The van der Waals surface area contributed by atoms with Gasteiger partial charge in [0.1, 0.15) is 0 Å². The van der Waals surface area contributed by atoms with E-state index in [1.54, 1.807) is 17.2 Å². The lowest BCUT2D eigenvalue weighted by atomic mass is 10.0. The van der Waals surface area contributed by atoms with Crippen LogP contribution in [0.3, 0.4) is 0 Å². The van der Waals surface area contributed by atoms with Gasteiger partial charge in [0.05, 0.1) is 22.7 Å². The van der Waals surface area contributed by atoms with Crippen LogP contribution >= 0.6 is 0 Å². The lowest BCUT2D eigenvalue weighted by Crippen LogP contribution is -2.48. The van der Waals surface area contributed by atoms with Crippen LogP contribution in [0.1, 0.15) is 61.3 Å². The minimum atomic E-state index is -4.38. The smallest absolute Gasteiger partial charge is 0.368 e. The third kappa shape index (κ3) is 4.54. The highest BCUT2D eigenvalue weighted by Crippen LogP contribution is 2.32. The van der Waals surface area contributed by atoms with Gasteiger partial charge in [-0.1, -0.05) is 19.9 Å². The molecule has 1 aliphatic heterocycles. The number of alkyl halides is 3. The molecule has 0 atom stereocenters. The van der Waals surface area contributed by atoms with Crippen LogP contribution in [0, 0.1) is 0 Å². The Kier molecular flexibility index (Phi) is 6.07. The van der Waals surface area contributed by atoms with Gasteiger partial charge >= 0.3 is 6.18 Å². The first-order valence-corrected chi connectivity index (χ1v) is 11.2. The third-order valence-electron chi connectivity index (χ3n) is 6.00. The number of hydrogen-bond donors (Lipinski definition) is 0. The lowest BCUT2D eigenvalue weighted by molar-refractivity contribution is -0.137. The zero-order chi connectivity index (χ0) is 23.9. The molecule has 9 heteroatoms. The Morgan fingerprint density at radius 3 is 2.33 bits per heavy atom. The lowest BCUT2D eigenvalue weighted by Gasteiger charge is -2.36. The van der Waals surface area contributed by atoms with E-state index in [2.05, 4.69) is 5.10 Å². The van der Waals surface area contributed by atoms with Crippen LogP contribution < -0.4 is 4.90 Å². The number of amides is 1. The van der Waals surface area contributed by atoms with Gasteiger partial charge in [0.2, 0.25) is 0 Å². The average molecular weight is 460 g/mol. The predicted molar refractivity (Wildman–Crippen MR) is 122 cm³/mol. The van der Waals surface area contributed by atoms with E-state index < -0.39 is 11.7 Å². The fraction of sp³-hybridized carbons (Fsp3) is 0.458. The van der Waals surface area contributed by atoms with Crippen molar-refractivity contribution in [2.24, 2.45) is 0 Å². The van der Waals surface area contributed by atoms with Gasteiger partial charge in [-0.3, -0.25) is 4.79 Å². The topological polar surface area (TPSA) is 54.3 Å². The van der Waals surface area contributed by atoms with Crippen LogP contribution in [0.25, 0.3) is 11.0 Å². The van der Waals surface area contributed by atoms with Gasteiger partial charge in [-0.15, -0.1) is 0 Å². The number of pyridine rings is 1. The highest BCUT2D eigenvalue weighted by Gasteiger charge is 2.31. The first kappa shape index (κ1) is 23.1. The monoisotopic (exact) mass is 459 g/mol. The summed E-state index contributed by atoms with van der Waals surface area (Å²) in [6.45, 7) is 9.88. The van der Waals surface area contributed by atoms with Gasteiger partial charge in [0.25, 0.3) is 5.91 Å². The standard InChI is InChI=1S/C24H28F3N5O/c1-15(2)21-13-19(20-14-28-32(16(3)4)22(20)29-21)23(33)31-10-8-30(9-11-31)18-7-5-6-17(12-18)24(25,26)27/h5-7,12-16H,8-11H2,1-4H3. The predicted octanol–water partition coefficient (Wildman–Crippen LogP) is 5.12. The Balaban J connectivity index is 1.57. The summed E-state index contributed by atoms with van der Waals surface area (Å²) in [6.07, 6.45) is -2.69. The molecule has 1 amide bonds. The fourth-order valence-corrected chi connectivity index (χ4v) is 4.11. The number of aromatic nitrogens is 3. The van der Waals surface area contributed by atoms with Gasteiger partial charge < -0.3 is 9.80 Å². The highest BCUT2D eigenvalue weighted by atomic mass is 19.4. The summed E-state index contributed by atoms with van der Waals surface area (Å²) < 4.78 is 41.1. The normalized spacial score (nSPS) is 15.2. The summed E-state index contributed by atoms with van der Waals surface area (Å²) in [7, 11) is 0. The minimum absolute atomic E-state index is 0.101. The number of hydrogen-bond acceptors (Lipinski definition) is 4. The fourth-order valence-electron chi connectivity index (χ4n) is 4.11. The van der Waals surface area contributed by atoms with Crippen molar-refractivity contribution in [2.75, 3.05) is 31.1 Å². The van der Waals surface area contributed by atoms with Crippen molar-refractivity contribution in [3.63, 3.8) is 0 Å². The molecule has 0 radical (unpaired) electrons. The van der Waals surface area contributed by atoms with Crippen LogP contribution in [0.2, 0.25) is 0 Å². The van der Waals surface area contributed by atoms with Crippen molar-refractivity contribution in [3.05, 3.63) is 53.3 Å². The van der Waals surface area contributed by atoms with Gasteiger partial charge in [-0.05, 0) is 44.0 Å². The number of halogens is 3. The quantitative estimate of drug-likeness (QED) is 0.544. The van der Waals surface area contributed by atoms with E-state index in [0.717, 1.165) is 17.1 Å². The Labute approximate surface area is 191 Å². The molecule has 1 aliphatic rings. The summed E-state index contributed by atoms with van der Waals surface area (Å²) in [5.74, 6) is 0.0468. The first-order chi connectivity index (χ1) is 15.6. The van der Waals surface area contributed by atoms with Crippen LogP contribution in [0.5, 0.6) is 0 Å². The molecule has 33 heavy (non-hydrogen) atoms. The molecule has 176 valence electrons. The molecule has 3 aromatic rings. The summed E-state index contributed by atoms with van der Waals surface area (Å²) in [5, 5.41) is 5.17. The second-order valence-corrected chi connectivity index (χ2v) is 9.00. The average Bonchev–Trinajstić information content (AvgIpc) is 3.22. The maximum Gasteiger partial charge on any atom is 0.416 e. The minimum Gasteiger partial charge on any atom is -0.368 e. The molecule has 1 fully saturated rings. The van der Waals surface area contributed by atoms with Crippen molar-refractivity contribution in [2.45, 2.75) is 45.8 Å². The number of rotatable bonds is 4. The molecule has 3 heterocycles. The van der Waals surface area contributed by atoms with Gasteiger partial charge in [-0.25, -0.2) is 9.67 Å². The first-order valence-electron chi connectivity index (χ1n) is 11.2. The summed E-state index contributed by atoms with van der Waals surface area (Å²) in [5.41, 5.74) is 1.95. The number of anilines is 1. The summed E-state index contributed by atoms with van der Waals surface area (Å²) in [6, 6.07) is 7.29. The Hall–Kier alpha value is -3.10. The number of carbonyl (C=O) groups is 1. The molecule has 0 unspecified atom stereocenters. The molecule has 0 aliphatic carbocycles. The van der Waals surface area contributed by atoms with E-state index in [4.69, 9.17) is 4.98 Å². The van der Waals surface area contributed by atoms with E-state index in [9.17, 15) is 18.0 Å². The maximum absolute atomic E-state index is 13.5. The van der Waals surface area contributed by atoms with E-state index in [0.29, 0.717) is 43.1 Å². The number of piperazine rings is 1. The molecule has 4 rings (SSSR count). The Morgan fingerprint density at radius 2 is 1.73 bits per heavy atom.